The molecule has 1 rings (SSSR count). The summed E-state index contributed by atoms with van der Waals surface area (Å²) in [5.41, 5.74) is 5.52. The zero-order chi connectivity index (χ0) is 12.8. The topological polar surface area (TPSA) is 46.3 Å². The van der Waals surface area contributed by atoms with Gasteiger partial charge in [-0.2, -0.15) is 0 Å². The van der Waals surface area contributed by atoms with Gasteiger partial charge in [0.2, 0.25) is 5.91 Å². The number of likely N-dealkylation sites (N-methyl/N-ethyl adjacent to an activating group) is 1. The van der Waals surface area contributed by atoms with E-state index in [1.54, 1.807) is 11.9 Å². The number of amides is 1. The normalized spacial score (nSPS) is 11.6. The van der Waals surface area contributed by atoms with Crippen molar-refractivity contribution in [2.75, 3.05) is 19.3 Å². The van der Waals surface area contributed by atoms with Crippen LogP contribution in [0.5, 0.6) is 0 Å². The monoisotopic (exact) mass is 308 g/mol. The molecular formula is C12H18Cl2N2OS. The van der Waals surface area contributed by atoms with Gasteiger partial charge in [-0.15, -0.1) is 24.2 Å². The number of hydrogen-bond acceptors (Lipinski definition) is 3. The Morgan fingerprint density at radius 1 is 1.50 bits per heavy atom. The molecule has 0 saturated heterocycles. The van der Waals surface area contributed by atoms with Gasteiger partial charge in [0.25, 0.3) is 0 Å². The summed E-state index contributed by atoms with van der Waals surface area (Å²) in [6.45, 7) is 2.40. The fourth-order valence-corrected chi connectivity index (χ4v) is 2.37. The molecule has 1 aromatic rings. The number of hydrogen-bond donors (Lipinski definition) is 1. The van der Waals surface area contributed by atoms with Crippen molar-refractivity contribution < 1.29 is 4.79 Å². The maximum atomic E-state index is 11.8. The lowest BCUT2D eigenvalue weighted by atomic mass is 10.3. The third-order valence-corrected chi connectivity index (χ3v) is 4.08. The van der Waals surface area contributed by atoms with Crippen LogP contribution in [0, 0.1) is 0 Å². The number of carbonyl (C=O) groups excluding carboxylic acids is 1. The van der Waals surface area contributed by atoms with E-state index in [9.17, 15) is 4.79 Å². The van der Waals surface area contributed by atoms with E-state index in [1.807, 2.05) is 31.2 Å². The molecule has 0 spiro atoms. The number of carbonyl (C=O) groups is 1. The van der Waals surface area contributed by atoms with Crippen LogP contribution in [0.1, 0.15) is 6.92 Å². The molecule has 0 aromatic heterocycles. The van der Waals surface area contributed by atoms with Crippen LogP contribution < -0.4 is 5.73 Å². The van der Waals surface area contributed by atoms with Crippen molar-refractivity contribution in [3.8, 4) is 0 Å². The van der Waals surface area contributed by atoms with Gasteiger partial charge >= 0.3 is 0 Å². The molecule has 0 saturated carbocycles. The molecule has 0 bridgehead atoms. The number of thioether (sulfide) groups is 1. The van der Waals surface area contributed by atoms with Crippen LogP contribution in [0.3, 0.4) is 0 Å². The number of halogens is 2. The van der Waals surface area contributed by atoms with E-state index in [-0.39, 0.29) is 24.4 Å². The van der Waals surface area contributed by atoms with E-state index in [0.717, 1.165) is 4.90 Å². The molecule has 0 aliphatic heterocycles. The van der Waals surface area contributed by atoms with E-state index in [0.29, 0.717) is 17.3 Å². The lowest BCUT2D eigenvalue weighted by molar-refractivity contribution is -0.128. The predicted molar refractivity (Wildman–Crippen MR) is 80.7 cm³/mol. The maximum Gasteiger partial charge on any atom is 0.232 e. The smallest absolute Gasteiger partial charge is 0.232 e. The Morgan fingerprint density at radius 2 is 2.11 bits per heavy atom. The molecule has 1 aromatic carbocycles. The second kappa shape index (κ2) is 8.64. The largest absolute Gasteiger partial charge is 0.341 e. The first-order chi connectivity index (χ1) is 8.06. The van der Waals surface area contributed by atoms with Crippen molar-refractivity contribution in [3.05, 3.63) is 29.3 Å². The SMILES string of the molecule is CC(CN)N(C)C(=O)CSc1ccccc1Cl.Cl. The molecule has 18 heavy (non-hydrogen) atoms. The molecule has 2 N–H and O–H groups in total. The zero-order valence-corrected chi connectivity index (χ0v) is 12.8. The van der Waals surface area contributed by atoms with Gasteiger partial charge in [-0.05, 0) is 19.1 Å². The lowest BCUT2D eigenvalue weighted by Gasteiger charge is -2.23. The molecule has 102 valence electrons. The highest BCUT2D eigenvalue weighted by Crippen LogP contribution is 2.26. The predicted octanol–water partition coefficient (Wildman–Crippen LogP) is 2.66. The van der Waals surface area contributed by atoms with Gasteiger partial charge in [-0.25, -0.2) is 0 Å². The standard InChI is InChI=1S/C12H17ClN2OS.ClH/c1-9(7-14)15(2)12(16)8-17-11-6-4-3-5-10(11)13;/h3-6,9H,7-8,14H2,1-2H3;1H. The summed E-state index contributed by atoms with van der Waals surface area (Å²) in [6, 6.07) is 7.57. The third kappa shape index (κ3) is 5.06. The Hall–Kier alpha value is -0.420. The van der Waals surface area contributed by atoms with Gasteiger partial charge in [0.15, 0.2) is 0 Å². The summed E-state index contributed by atoms with van der Waals surface area (Å²) in [4.78, 5) is 14.4. The molecule has 6 heteroatoms. The molecule has 1 unspecified atom stereocenters. The van der Waals surface area contributed by atoms with Crippen LogP contribution in [-0.4, -0.2) is 36.2 Å². The highest BCUT2D eigenvalue weighted by Gasteiger charge is 2.14. The fourth-order valence-electron chi connectivity index (χ4n) is 1.21. The van der Waals surface area contributed by atoms with E-state index in [2.05, 4.69) is 0 Å². The summed E-state index contributed by atoms with van der Waals surface area (Å²) in [6.07, 6.45) is 0. The maximum absolute atomic E-state index is 11.8. The number of nitrogens with two attached hydrogens (primary N) is 1. The van der Waals surface area contributed by atoms with E-state index >= 15 is 0 Å². The Kier molecular flexibility index (Phi) is 8.44. The third-order valence-electron chi connectivity index (χ3n) is 2.58. The number of rotatable bonds is 5. The van der Waals surface area contributed by atoms with Crippen LogP contribution in [0.25, 0.3) is 0 Å². The summed E-state index contributed by atoms with van der Waals surface area (Å²) in [7, 11) is 1.77. The summed E-state index contributed by atoms with van der Waals surface area (Å²) < 4.78 is 0. The van der Waals surface area contributed by atoms with Crippen LogP contribution in [0.2, 0.25) is 5.02 Å². The van der Waals surface area contributed by atoms with E-state index in [1.165, 1.54) is 11.8 Å². The number of benzene rings is 1. The van der Waals surface area contributed by atoms with E-state index < -0.39 is 0 Å². The van der Waals surface area contributed by atoms with Gasteiger partial charge in [-0.1, -0.05) is 23.7 Å². The highest BCUT2D eigenvalue weighted by molar-refractivity contribution is 8.00. The highest BCUT2D eigenvalue weighted by atomic mass is 35.5. The first kappa shape index (κ1) is 17.6. The molecule has 0 radical (unpaired) electrons. The Labute approximate surface area is 123 Å². The minimum atomic E-state index is 0. The second-order valence-corrected chi connectivity index (χ2v) is 5.23. The summed E-state index contributed by atoms with van der Waals surface area (Å²) >= 11 is 7.46. The molecule has 1 amide bonds. The van der Waals surface area contributed by atoms with Crippen LogP contribution >= 0.6 is 35.8 Å². The lowest BCUT2D eigenvalue weighted by Crippen LogP contribution is -2.40. The van der Waals surface area contributed by atoms with Crippen molar-refractivity contribution in [2.45, 2.75) is 17.9 Å². The average Bonchev–Trinajstić information content (AvgIpc) is 2.35. The molecule has 1 atom stereocenters. The molecule has 3 nitrogen and oxygen atoms in total. The quantitative estimate of drug-likeness (QED) is 0.851. The minimum absolute atomic E-state index is 0. The van der Waals surface area contributed by atoms with Crippen LogP contribution in [0.15, 0.2) is 29.2 Å². The van der Waals surface area contributed by atoms with Gasteiger partial charge in [0, 0.05) is 24.5 Å². The summed E-state index contributed by atoms with van der Waals surface area (Å²) in [5, 5.41) is 0.680. The van der Waals surface area contributed by atoms with Gasteiger partial charge in [-0.3, -0.25) is 4.79 Å². The molecule has 0 aliphatic rings. The van der Waals surface area contributed by atoms with Crippen molar-refractivity contribution in [1.82, 2.24) is 4.90 Å². The minimum Gasteiger partial charge on any atom is -0.341 e. The second-order valence-electron chi connectivity index (χ2n) is 3.81. The average molecular weight is 309 g/mol. The van der Waals surface area contributed by atoms with Crippen LogP contribution in [-0.2, 0) is 4.79 Å². The summed E-state index contributed by atoms with van der Waals surface area (Å²) in [5.74, 6) is 0.442. The molecular weight excluding hydrogens is 291 g/mol. The van der Waals surface area contributed by atoms with Gasteiger partial charge < -0.3 is 10.6 Å². The zero-order valence-electron chi connectivity index (χ0n) is 10.4. The first-order valence-electron chi connectivity index (χ1n) is 5.39. The first-order valence-corrected chi connectivity index (χ1v) is 6.75. The fraction of sp³-hybridized carbons (Fsp3) is 0.417. The van der Waals surface area contributed by atoms with Crippen molar-refractivity contribution in [2.24, 2.45) is 5.73 Å². The van der Waals surface area contributed by atoms with Crippen LogP contribution in [0.4, 0.5) is 0 Å². The van der Waals surface area contributed by atoms with Crippen molar-refractivity contribution in [3.63, 3.8) is 0 Å². The molecule has 0 aliphatic carbocycles. The van der Waals surface area contributed by atoms with Crippen molar-refractivity contribution >= 4 is 41.7 Å². The van der Waals surface area contributed by atoms with E-state index in [4.69, 9.17) is 17.3 Å². The van der Waals surface area contributed by atoms with Gasteiger partial charge in [0.05, 0.1) is 10.8 Å². The Bertz CT molecular complexity index is 390. The molecule has 0 fully saturated rings. The van der Waals surface area contributed by atoms with Gasteiger partial charge in [0.1, 0.15) is 0 Å². The van der Waals surface area contributed by atoms with Crippen molar-refractivity contribution in [1.29, 1.82) is 0 Å². The number of nitrogens with zero attached hydrogens (tertiary/aromatic N) is 1. The Morgan fingerprint density at radius 3 is 2.67 bits per heavy atom. The molecule has 0 heterocycles. The Balaban J connectivity index is 0.00000289.